The lowest BCUT2D eigenvalue weighted by molar-refractivity contribution is 0.102. The van der Waals surface area contributed by atoms with Crippen LogP contribution in [0.4, 0.5) is 16.3 Å². The second-order valence-electron chi connectivity index (χ2n) is 7.23. The average Bonchev–Trinajstić information content (AvgIpc) is 3.22. The SMILES string of the molecule is O=C(Nc1nc2n(n1)C(c1ccc(Cl)cc1)C=C(c1ccccc1)N2)c1ccc(F)cc1. The van der Waals surface area contributed by atoms with Gasteiger partial charge in [-0.15, -0.1) is 5.10 Å². The van der Waals surface area contributed by atoms with Gasteiger partial charge in [-0.25, -0.2) is 9.07 Å². The zero-order valence-corrected chi connectivity index (χ0v) is 17.4. The number of nitrogens with one attached hydrogen (secondary N) is 2. The summed E-state index contributed by atoms with van der Waals surface area (Å²) in [6.45, 7) is 0. The van der Waals surface area contributed by atoms with Gasteiger partial charge in [0.2, 0.25) is 5.95 Å². The Morgan fingerprint density at radius 3 is 2.44 bits per heavy atom. The summed E-state index contributed by atoms with van der Waals surface area (Å²) >= 11 is 6.07. The van der Waals surface area contributed by atoms with Crippen molar-refractivity contribution in [2.75, 3.05) is 10.6 Å². The molecule has 32 heavy (non-hydrogen) atoms. The summed E-state index contributed by atoms with van der Waals surface area (Å²) in [5.41, 5.74) is 3.15. The van der Waals surface area contributed by atoms with Crippen molar-refractivity contribution in [1.29, 1.82) is 0 Å². The van der Waals surface area contributed by atoms with Crippen LogP contribution in [-0.4, -0.2) is 20.7 Å². The lowest BCUT2D eigenvalue weighted by Crippen LogP contribution is -2.20. The van der Waals surface area contributed by atoms with Crippen molar-refractivity contribution in [1.82, 2.24) is 14.8 Å². The lowest BCUT2D eigenvalue weighted by atomic mass is 10.0. The fourth-order valence-corrected chi connectivity index (χ4v) is 3.63. The lowest BCUT2D eigenvalue weighted by Gasteiger charge is -2.24. The Morgan fingerprint density at radius 2 is 1.72 bits per heavy atom. The van der Waals surface area contributed by atoms with Gasteiger partial charge in [0.1, 0.15) is 11.9 Å². The molecule has 2 heterocycles. The molecule has 1 aliphatic heterocycles. The predicted molar refractivity (Wildman–Crippen MR) is 122 cm³/mol. The number of hydrogen-bond donors (Lipinski definition) is 2. The Morgan fingerprint density at radius 1 is 1.00 bits per heavy atom. The fourth-order valence-electron chi connectivity index (χ4n) is 3.50. The molecule has 158 valence electrons. The molecule has 4 aromatic rings. The molecule has 1 amide bonds. The highest BCUT2D eigenvalue weighted by atomic mass is 35.5. The predicted octanol–water partition coefficient (Wildman–Crippen LogP) is 5.38. The highest BCUT2D eigenvalue weighted by molar-refractivity contribution is 6.30. The van der Waals surface area contributed by atoms with Gasteiger partial charge in [0, 0.05) is 16.3 Å². The second kappa shape index (κ2) is 8.28. The molecule has 0 saturated heterocycles. The number of allylic oxidation sites excluding steroid dienone is 1. The summed E-state index contributed by atoms with van der Waals surface area (Å²) in [5, 5.41) is 11.1. The standard InChI is InChI=1S/C24H17ClFN5O/c25-18-10-6-16(7-11-18)21-14-20(15-4-2-1-3-5-15)27-24-29-23(30-31(21)24)28-22(32)17-8-12-19(26)13-9-17/h1-14,21H,(H2,27,28,29,30,32). The van der Waals surface area contributed by atoms with Gasteiger partial charge in [0.15, 0.2) is 0 Å². The highest BCUT2D eigenvalue weighted by Gasteiger charge is 2.26. The molecule has 6 nitrogen and oxygen atoms in total. The summed E-state index contributed by atoms with van der Waals surface area (Å²) in [6, 6.07) is 22.4. The van der Waals surface area contributed by atoms with Crippen molar-refractivity contribution in [3.05, 3.63) is 112 Å². The van der Waals surface area contributed by atoms with Crippen LogP contribution in [0.25, 0.3) is 5.70 Å². The Bertz CT molecular complexity index is 1300. The smallest absolute Gasteiger partial charge is 0.258 e. The number of halogens is 2. The highest BCUT2D eigenvalue weighted by Crippen LogP contribution is 2.33. The molecule has 8 heteroatoms. The summed E-state index contributed by atoms with van der Waals surface area (Å²) in [6.07, 6.45) is 2.05. The molecule has 1 aromatic heterocycles. The van der Waals surface area contributed by atoms with Crippen LogP contribution in [0.5, 0.6) is 0 Å². The number of anilines is 2. The van der Waals surface area contributed by atoms with Crippen LogP contribution in [0, 0.1) is 5.82 Å². The molecule has 0 radical (unpaired) electrons. The van der Waals surface area contributed by atoms with E-state index >= 15 is 0 Å². The van der Waals surface area contributed by atoms with Crippen molar-refractivity contribution in [3.8, 4) is 0 Å². The molecule has 3 aromatic carbocycles. The van der Waals surface area contributed by atoms with Crippen molar-refractivity contribution in [2.45, 2.75) is 6.04 Å². The first-order valence-corrected chi connectivity index (χ1v) is 10.3. The van der Waals surface area contributed by atoms with E-state index in [-0.39, 0.29) is 12.0 Å². The van der Waals surface area contributed by atoms with Gasteiger partial charge in [0.25, 0.3) is 11.9 Å². The van der Waals surface area contributed by atoms with E-state index in [4.69, 9.17) is 11.6 Å². The molecule has 1 unspecified atom stereocenters. The van der Waals surface area contributed by atoms with E-state index < -0.39 is 11.7 Å². The number of amides is 1. The van der Waals surface area contributed by atoms with E-state index in [2.05, 4.69) is 20.7 Å². The van der Waals surface area contributed by atoms with Crippen LogP contribution in [0.1, 0.15) is 27.5 Å². The monoisotopic (exact) mass is 445 g/mol. The topological polar surface area (TPSA) is 71.8 Å². The maximum atomic E-state index is 13.2. The summed E-state index contributed by atoms with van der Waals surface area (Å²) in [4.78, 5) is 17.0. The van der Waals surface area contributed by atoms with E-state index in [0.717, 1.165) is 16.8 Å². The van der Waals surface area contributed by atoms with Gasteiger partial charge in [0.05, 0.1) is 0 Å². The number of hydrogen-bond acceptors (Lipinski definition) is 4. The van der Waals surface area contributed by atoms with E-state index in [0.29, 0.717) is 16.5 Å². The third-order valence-electron chi connectivity index (χ3n) is 5.09. The zero-order valence-electron chi connectivity index (χ0n) is 16.7. The van der Waals surface area contributed by atoms with Gasteiger partial charge in [-0.1, -0.05) is 54.1 Å². The summed E-state index contributed by atoms with van der Waals surface area (Å²) < 4.78 is 14.9. The minimum atomic E-state index is -0.424. The molecular formula is C24H17ClFN5O. The van der Waals surface area contributed by atoms with Crippen molar-refractivity contribution < 1.29 is 9.18 Å². The molecule has 0 spiro atoms. The van der Waals surface area contributed by atoms with Crippen LogP contribution >= 0.6 is 11.6 Å². The Kier molecular flexibility index (Phi) is 5.17. The van der Waals surface area contributed by atoms with Crippen LogP contribution in [-0.2, 0) is 0 Å². The van der Waals surface area contributed by atoms with Gasteiger partial charge in [-0.05, 0) is 53.6 Å². The molecule has 0 saturated carbocycles. The van der Waals surface area contributed by atoms with Gasteiger partial charge < -0.3 is 5.32 Å². The van der Waals surface area contributed by atoms with Crippen LogP contribution in [0.3, 0.4) is 0 Å². The maximum Gasteiger partial charge on any atom is 0.258 e. The van der Waals surface area contributed by atoms with Gasteiger partial charge in [-0.3, -0.25) is 10.1 Å². The quantitative estimate of drug-likeness (QED) is 0.442. The van der Waals surface area contributed by atoms with Crippen LogP contribution in [0.2, 0.25) is 5.02 Å². The number of carbonyl (C=O) groups excluding carboxylic acids is 1. The molecular weight excluding hydrogens is 429 g/mol. The van der Waals surface area contributed by atoms with Gasteiger partial charge >= 0.3 is 0 Å². The van der Waals surface area contributed by atoms with E-state index in [1.54, 1.807) is 4.68 Å². The first-order valence-electron chi connectivity index (χ1n) is 9.90. The number of rotatable bonds is 4. The summed E-state index contributed by atoms with van der Waals surface area (Å²) in [7, 11) is 0. The Balaban J connectivity index is 1.50. The van der Waals surface area contributed by atoms with E-state index in [1.165, 1.54) is 24.3 Å². The average molecular weight is 446 g/mol. The maximum absolute atomic E-state index is 13.2. The van der Waals surface area contributed by atoms with E-state index in [1.807, 2.05) is 60.7 Å². The number of carbonyl (C=O) groups is 1. The minimum absolute atomic E-state index is 0.142. The molecule has 0 fully saturated rings. The van der Waals surface area contributed by atoms with E-state index in [9.17, 15) is 9.18 Å². The van der Waals surface area contributed by atoms with Crippen molar-refractivity contribution in [2.24, 2.45) is 0 Å². The molecule has 5 rings (SSSR count). The Hall–Kier alpha value is -3.97. The van der Waals surface area contributed by atoms with Crippen molar-refractivity contribution in [3.63, 3.8) is 0 Å². The van der Waals surface area contributed by atoms with Gasteiger partial charge in [-0.2, -0.15) is 4.98 Å². The first-order chi connectivity index (χ1) is 15.6. The van der Waals surface area contributed by atoms with Crippen LogP contribution < -0.4 is 10.6 Å². The fraction of sp³-hybridized carbons (Fsp3) is 0.0417. The molecule has 2 N–H and O–H groups in total. The number of nitrogens with zero attached hydrogens (tertiary/aromatic N) is 3. The number of aromatic nitrogens is 3. The largest absolute Gasteiger partial charge is 0.324 e. The minimum Gasteiger partial charge on any atom is -0.324 e. The molecule has 0 bridgehead atoms. The normalized spacial score (nSPS) is 14.8. The second-order valence-corrected chi connectivity index (χ2v) is 7.67. The zero-order chi connectivity index (χ0) is 22.1. The third-order valence-corrected chi connectivity index (χ3v) is 5.35. The van der Waals surface area contributed by atoms with Crippen molar-refractivity contribution >= 4 is 35.1 Å². The molecule has 0 aliphatic carbocycles. The first kappa shape index (κ1) is 20.0. The molecule has 1 aliphatic rings. The Labute approximate surface area is 188 Å². The number of benzene rings is 3. The van der Waals surface area contributed by atoms with Crippen LogP contribution in [0.15, 0.2) is 84.9 Å². The molecule has 1 atom stereocenters. The third kappa shape index (κ3) is 3.98. The number of fused-ring (bicyclic) bond motifs is 1. The summed E-state index contributed by atoms with van der Waals surface area (Å²) in [5.74, 6) is -0.205.